The molecule has 1 fully saturated rings. The molecule has 1 heterocycles. The lowest BCUT2D eigenvalue weighted by molar-refractivity contribution is 0.191. The van der Waals surface area contributed by atoms with Crippen molar-refractivity contribution in [3.05, 3.63) is 59.4 Å². The Labute approximate surface area is 153 Å². The summed E-state index contributed by atoms with van der Waals surface area (Å²) in [5.74, 6) is 1.14. The summed E-state index contributed by atoms with van der Waals surface area (Å²) in [4.78, 5) is 2.30. The first kappa shape index (κ1) is 18.2. The number of hydrogen-bond acceptors (Lipinski definition) is 4. The van der Waals surface area contributed by atoms with Crippen LogP contribution < -0.4 is 9.47 Å². The molecule has 0 bridgehead atoms. The SMILES string of the molecule is COc1ccc(CN2CCC[C@@H](C#N)C2)cc1OCc1cccc(F)c1. The van der Waals surface area contributed by atoms with Gasteiger partial charge in [-0.1, -0.05) is 18.2 Å². The average molecular weight is 354 g/mol. The summed E-state index contributed by atoms with van der Waals surface area (Å²) in [6.07, 6.45) is 2.04. The van der Waals surface area contributed by atoms with Gasteiger partial charge in [0, 0.05) is 13.1 Å². The van der Waals surface area contributed by atoms with Crippen molar-refractivity contribution < 1.29 is 13.9 Å². The first-order valence-electron chi connectivity index (χ1n) is 8.84. The van der Waals surface area contributed by atoms with Crippen LogP contribution in [0.1, 0.15) is 24.0 Å². The molecule has 26 heavy (non-hydrogen) atoms. The molecule has 3 rings (SSSR count). The second kappa shape index (κ2) is 8.68. The summed E-state index contributed by atoms with van der Waals surface area (Å²) in [5.41, 5.74) is 1.88. The standard InChI is InChI=1S/C21H23FN2O2/c1-25-20-8-7-16(13-24-9-3-5-18(12-23)14-24)11-21(20)26-15-17-4-2-6-19(22)10-17/h2,4,6-8,10-11,18H,3,5,9,13-15H2,1H3/t18-/m0/s1. The molecule has 0 spiro atoms. The van der Waals surface area contributed by atoms with Crippen LogP contribution in [0.3, 0.4) is 0 Å². The first-order valence-corrected chi connectivity index (χ1v) is 8.84. The highest BCUT2D eigenvalue weighted by Gasteiger charge is 2.19. The lowest BCUT2D eigenvalue weighted by Gasteiger charge is -2.29. The largest absolute Gasteiger partial charge is 0.493 e. The highest BCUT2D eigenvalue weighted by Crippen LogP contribution is 2.30. The van der Waals surface area contributed by atoms with Crippen molar-refractivity contribution in [2.24, 2.45) is 5.92 Å². The molecule has 1 aliphatic heterocycles. The molecule has 0 N–H and O–H groups in total. The maximum absolute atomic E-state index is 13.3. The van der Waals surface area contributed by atoms with Crippen molar-refractivity contribution in [2.75, 3.05) is 20.2 Å². The van der Waals surface area contributed by atoms with Crippen molar-refractivity contribution in [3.63, 3.8) is 0 Å². The third-order valence-corrected chi connectivity index (χ3v) is 4.61. The van der Waals surface area contributed by atoms with Crippen LogP contribution in [-0.4, -0.2) is 25.1 Å². The van der Waals surface area contributed by atoms with Crippen molar-refractivity contribution >= 4 is 0 Å². The van der Waals surface area contributed by atoms with Crippen LogP contribution in [0.15, 0.2) is 42.5 Å². The van der Waals surface area contributed by atoms with Crippen LogP contribution in [0.2, 0.25) is 0 Å². The van der Waals surface area contributed by atoms with Gasteiger partial charge >= 0.3 is 0 Å². The minimum Gasteiger partial charge on any atom is -0.493 e. The summed E-state index contributed by atoms with van der Waals surface area (Å²) in [5, 5.41) is 9.15. The summed E-state index contributed by atoms with van der Waals surface area (Å²) >= 11 is 0. The monoisotopic (exact) mass is 354 g/mol. The Morgan fingerprint density at radius 3 is 2.85 bits per heavy atom. The van der Waals surface area contributed by atoms with E-state index in [4.69, 9.17) is 14.7 Å². The summed E-state index contributed by atoms with van der Waals surface area (Å²) in [6, 6.07) is 14.6. The average Bonchev–Trinajstić information content (AvgIpc) is 2.67. The number of piperidine rings is 1. The van der Waals surface area contributed by atoms with Crippen LogP contribution in [0.5, 0.6) is 11.5 Å². The predicted octanol–water partition coefficient (Wildman–Crippen LogP) is 4.15. The van der Waals surface area contributed by atoms with E-state index in [2.05, 4.69) is 11.0 Å². The molecule has 2 aromatic carbocycles. The van der Waals surface area contributed by atoms with E-state index in [9.17, 15) is 4.39 Å². The molecular weight excluding hydrogens is 331 g/mol. The van der Waals surface area contributed by atoms with Crippen LogP contribution in [0.25, 0.3) is 0 Å². The van der Waals surface area contributed by atoms with E-state index in [1.807, 2.05) is 24.3 Å². The Morgan fingerprint density at radius 1 is 1.19 bits per heavy atom. The zero-order valence-corrected chi connectivity index (χ0v) is 15.0. The Morgan fingerprint density at radius 2 is 2.08 bits per heavy atom. The number of nitrogens with zero attached hydrogens (tertiary/aromatic N) is 2. The minimum absolute atomic E-state index is 0.116. The zero-order valence-electron chi connectivity index (χ0n) is 15.0. The van der Waals surface area contributed by atoms with Gasteiger partial charge in [-0.3, -0.25) is 4.90 Å². The third-order valence-electron chi connectivity index (χ3n) is 4.61. The fourth-order valence-electron chi connectivity index (χ4n) is 3.28. The molecule has 1 aliphatic rings. The molecule has 0 saturated carbocycles. The predicted molar refractivity (Wildman–Crippen MR) is 97.3 cm³/mol. The van der Waals surface area contributed by atoms with Crippen molar-refractivity contribution in [1.82, 2.24) is 4.90 Å². The summed E-state index contributed by atoms with van der Waals surface area (Å²) in [6.45, 7) is 2.86. The van der Waals surface area contributed by atoms with Crippen molar-refractivity contribution in [3.8, 4) is 17.6 Å². The molecule has 1 saturated heterocycles. The fraction of sp³-hybridized carbons (Fsp3) is 0.381. The molecule has 0 amide bonds. The highest BCUT2D eigenvalue weighted by atomic mass is 19.1. The van der Waals surface area contributed by atoms with Crippen LogP contribution in [-0.2, 0) is 13.2 Å². The number of likely N-dealkylation sites (tertiary alicyclic amines) is 1. The van der Waals surface area contributed by atoms with Gasteiger partial charge in [0.1, 0.15) is 12.4 Å². The topological polar surface area (TPSA) is 45.5 Å². The van der Waals surface area contributed by atoms with Gasteiger partial charge in [-0.25, -0.2) is 4.39 Å². The molecule has 0 unspecified atom stereocenters. The molecule has 2 aromatic rings. The van der Waals surface area contributed by atoms with Gasteiger partial charge in [0.2, 0.25) is 0 Å². The quantitative estimate of drug-likeness (QED) is 0.782. The number of hydrogen-bond donors (Lipinski definition) is 0. The molecular formula is C21H23FN2O2. The van der Waals surface area contributed by atoms with E-state index in [-0.39, 0.29) is 18.3 Å². The Bertz CT molecular complexity index is 788. The number of rotatable bonds is 6. The van der Waals surface area contributed by atoms with E-state index in [0.29, 0.717) is 11.5 Å². The van der Waals surface area contributed by atoms with Gasteiger partial charge < -0.3 is 9.47 Å². The van der Waals surface area contributed by atoms with Crippen LogP contribution in [0, 0.1) is 23.1 Å². The van der Waals surface area contributed by atoms with Gasteiger partial charge in [0.05, 0.1) is 19.1 Å². The number of nitriles is 1. The van der Waals surface area contributed by atoms with E-state index in [0.717, 1.165) is 43.6 Å². The van der Waals surface area contributed by atoms with E-state index in [1.54, 1.807) is 13.2 Å². The number of methoxy groups -OCH3 is 1. The van der Waals surface area contributed by atoms with Gasteiger partial charge in [-0.2, -0.15) is 5.26 Å². The number of ether oxygens (including phenoxy) is 2. The van der Waals surface area contributed by atoms with Gasteiger partial charge in [-0.05, 0) is 54.8 Å². The zero-order chi connectivity index (χ0) is 18.4. The van der Waals surface area contributed by atoms with E-state index in [1.165, 1.54) is 12.1 Å². The van der Waals surface area contributed by atoms with Crippen LogP contribution in [0.4, 0.5) is 4.39 Å². The summed E-state index contributed by atoms with van der Waals surface area (Å²) < 4.78 is 24.6. The van der Waals surface area contributed by atoms with E-state index < -0.39 is 0 Å². The Balaban J connectivity index is 1.69. The van der Waals surface area contributed by atoms with Crippen molar-refractivity contribution in [1.29, 1.82) is 5.26 Å². The number of halogens is 1. The smallest absolute Gasteiger partial charge is 0.161 e. The molecule has 5 heteroatoms. The van der Waals surface area contributed by atoms with Gasteiger partial charge in [-0.15, -0.1) is 0 Å². The maximum Gasteiger partial charge on any atom is 0.161 e. The second-order valence-electron chi connectivity index (χ2n) is 6.61. The maximum atomic E-state index is 13.3. The second-order valence-corrected chi connectivity index (χ2v) is 6.61. The van der Waals surface area contributed by atoms with Crippen molar-refractivity contribution in [2.45, 2.75) is 26.0 Å². The van der Waals surface area contributed by atoms with E-state index >= 15 is 0 Å². The third kappa shape index (κ3) is 4.74. The fourth-order valence-corrected chi connectivity index (χ4v) is 3.28. The molecule has 1 atom stereocenters. The summed E-state index contributed by atoms with van der Waals surface area (Å²) in [7, 11) is 1.60. The lowest BCUT2D eigenvalue weighted by atomic mass is 9.99. The van der Waals surface area contributed by atoms with Gasteiger partial charge in [0.15, 0.2) is 11.5 Å². The lowest BCUT2D eigenvalue weighted by Crippen LogP contribution is -2.34. The minimum atomic E-state index is -0.274. The molecule has 4 nitrogen and oxygen atoms in total. The normalized spacial score (nSPS) is 17.5. The highest BCUT2D eigenvalue weighted by molar-refractivity contribution is 5.43. The molecule has 0 aliphatic carbocycles. The Kier molecular flexibility index (Phi) is 6.08. The number of benzene rings is 2. The first-order chi connectivity index (χ1) is 12.7. The van der Waals surface area contributed by atoms with Gasteiger partial charge in [0.25, 0.3) is 0 Å². The molecule has 136 valence electrons. The van der Waals surface area contributed by atoms with Crippen LogP contribution >= 0.6 is 0 Å². The molecule has 0 radical (unpaired) electrons. The molecule has 0 aromatic heterocycles. The Hall–Kier alpha value is -2.58.